The van der Waals surface area contributed by atoms with Gasteiger partial charge in [-0.3, -0.25) is 10.1 Å². The molecule has 0 bridgehead atoms. The molecule has 1 aliphatic heterocycles. The van der Waals surface area contributed by atoms with E-state index in [0.717, 1.165) is 33.4 Å². The van der Waals surface area contributed by atoms with E-state index in [1.165, 1.54) is 12.1 Å². The zero-order valence-electron chi connectivity index (χ0n) is 27.7. The van der Waals surface area contributed by atoms with Gasteiger partial charge in [0.05, 0.1) is 16.3 Å². The first-order valence-electron chi connectivity index (χ1n) is 16.3. The standard InChI is InChI=1S/C39H39N3O6/c1-5-29-31(7-3)36(38(43)47-23-25-15-11-9-12-16-25)40-34(29)33(27-19-21-28(22-20-27)42(45)46)35-30(6-2)32(8-4)37(41-35)39(44)48-24-26-17-13-10-14-18-26/h9-22,40H,5-8,23-24H2,1-4H3/b35-33-. The minimum atomic E-state index is -0.527. The second-order valence-corrected chi connectivity index (χ2v) is 11.3. The zero-order valence-corrected chi connectivity index (χ0v) is 27.7. The second-order valence-electron chi connectivity index (χ2n) is 11.3. The lowest BCUT2D eigenvalue weighted by Crippen LogP contribution is -2.18. The number of allylic oxidation sites excluding steroid dienone is 1. The third-order valence-electron chi connectivity index (χ3n) is 8.47. The summed E-state index contributed by atoms with van der Waals surface area (Å²) in [4.78, 5) is 46.6. The maximum Gasteiger partial charge on any atom is 0.357 e. The van der Waals surface area contributed by atoms with Crippen molar-refractivity contribution >= 4 is 28.9 Å². The molecule has 0 atom stereocenters. The third-order valence-corrected chi connectivity index (χ3v) is 8.47. The van der Waals surface area contributed by atoms with Gasteiger partial charge in [-0.2, -0.15) is 0 Å². The minimum Gasteiger partial charge on any atom is -0.456 e. The Morgan fingerprint density at radius 3 is 1.71 bits per heavy atom. The lowest BCUT2D eigenvalue weighted by Gasteiger charge is -2.14. The van der Waals surface area contributed by atoms with E-state index in [4.69, 9.17) is 14.5 Å². The molecule has 4 aromatic rings. The number of nitro benzene ring substituents is 1. The summed E-state index contributed by atoms with van der Waals surface area (Å²) >= 11 is 0. The van der Waals surface area contributed by atoms with Gasteiger partial charge in [0.2, 0.25) is 0 Å². The molecule has 2 heterocycles. The van der Waals surface area contributed by atoms with Crippen molar-refractivity contribution in [1.29, 1.82) is 0 Å². The van der Waals surface area contributed by atoms with Crippen LogP contribution < -0.4 is 0 Å². The van der Waals surface area contributed by atoms with Crippen LogP contribution >= 0.6 is 0 Å². The molecule has 1 N–H and O–H groups in total. The normalized spacial score (nSPS) is 13.7. The quantitative estimate of drug-likeness (QED) is 0.0884. The molecule has 1 aliphatic rings. The topological polar surface area (TPSA) is 124 Å². The molecule has 1 aromatic heterocycles. The van der Waals surface area contributed by atoms with E-state index in [9.17, 15) is 19.7 Å². The Kier molecular flexibility index (Phi) is 10.8. The van der Waals surface area contributed by atoms with Crippen LogP contribution in [0, 0.1) is 10.1 Å². The highest BCUT2D eigenvalue weighted by molar-refractivity contribution is 6.44. The van der Waals surface area contributed by atoms with Gasteiger partial charge in [0.1, 0.15) is 18.9 Å². The van der Waals surface area contributed by atoms with Crippen LogP contribution in [0.25, 0.3) is 5.57 Å². The average Bonchev–Trinajstić information content (AvgIpc) is 3.69. The highest BCUT2D eigenvalue weighted by Gasteiger charge is 2.33. The van der Waals surface area contributed by atoms with Gasteiger partial charge in [-0.05, 0) is 76.8 Å². The SMILES string of the molecule is CCC1=C(CC)/C(=C(\c2ccc([N+](=O)[O-])cc2)c2[nH]c(C(=O)OCc3ccccc3)c(CC)c2CC)N=C1C(=O)OCc1ccccc1. The first kappa shape index (κ1) is 33.8. The van der Waals surface area contributed by atoms with E-state index in [0.29, 0.717) is 53.9 Å². The molecular weight excluding hydrogens is 606 g/mol. The number of aliphatic imine (C=N–C) groups is 1. The summed E-state index contributed by atoms with van der Waals surface area (Å²) in [5.41, 5.74) is 8.20. The summed E-state index contributed by atoms with van der Waals surface area (Å²) < 4.78 is 11.5. The zero-order chi connectivity index (χ0) is 34.2. The van der Waals surface area contributed by atoms with Crippen molar-refractivity contribution in [3.05, 3.63) is 151 Å². The number of nitrogens with zero attached hydrogens (tertiary/aromatic N) is 2. The van der Waals surface area contributed by atoms with E-state index < -0.39 is 16.9 Å². The van der Waals surface area contributed by atoms with Crippen molar-refractivity contribution < 1.29 is 24.0 Å². The number of hydrogen-bond donors (Lipinski definition) is 1. The molecule has 48 heavy (non-hydrogen) atoms. The van der Waals surface area contributed by atoms with Crippen molar-refractivity contribution in [3.8, 4) is 0 Å². The van der Waals surface area contributed by atoms with Gasteiger partial charge < -0.3 is 14.5 Å². The molecule has 0 aliphatic carbocycles. The number of aromatic amines is 1. The molecule has 9 heteroatoms. The molecule has 0 saturated heterocycles. The second kappa shape index (κ2) is 15.3. The van der Waals surface area contributed by atoms with Crippen molar-refractivity contribution in [2.45, 2.75) is 66.6 Å². The number of hydrogen-bond acceptors (Lipinski definition) is 7. The minimum absolute atomic E-state index is 0.0506. The maximum atomic E-state index is 13.6. The van der Waals surface area contributed by atoms with Crippen LogP contribution in [0.4, 0.5) is 5.69 Å². The lowest BCUT2D eigenvalue weighted by atomic mass is 9.90. The number of carbonyl (C=O) groups excluding carboxylic acids is 2. The van der Waals surface area contributed by atoms with Gasteiger partial charge in [0.25, 0.3) is 5.69 Å². The lowest BCUT2D eigenvalue weighted by molar-refractivity contribution is -0.384. The Morgan fingerprint density at radius 1 is 0.688 bits per heavy atom. The predicted octanol–water partition coefficient (Wildman–Crippen LogP) is 8.48. The number of esters is 2. The smallest absolute Gasteiger partial charge is 0.357 e. The molecule has 0 radical (unpaired) electrons. The summed E-state index contributed by atoms with van der Waals surface area (Å²) in [5, 5.41) is 11.6. The summed E-state index contributed by atoms with van der Waals surface area (Å²) in [5.74, 6) is -1.01. The molecule has 0 saturated carbocycles. The molecule has 0 fully saturated rings. The Morgan fingerprint density at radius 2 is 1.21 bits per heavy atom. The van der Waals surface area contributed by atoms with Gasteiger partial charge in [0, 0.05) is 17.7 Å². The largest absolute Gasteiger partial charge is 0.456 e. The van der Waals surface area contributed by atoms with Crippen LogP contribution in [-0.2, 0) is 40.3 Å². The van der Waals surface area contributed by atoms with Gasteiger partial charge in [-0.25, -0.2) is 14.6 Å². The summed E-state index contributed by atoms with van der Waals surface area (Å²) in [6.45, 7) is 8.21. The molecule has 0 amide bonds. The molecule has 5 rings (SSSR count). The number of benzene rings is 3. The first-order chi connectivity index (χ1) is 23.3. The van der Waals surface area contributed by atoms with Crippen molar-refractivity contribution in [3.63, 3.8) is 0 Å². The van der Waals surface area contributed by atoms with Gasteiger partial charge in [-0.1, -0.05) is 88.4 Å². The number of rotatable bonds is 13. The van der Waals surface area contributed by atoms with E-state index in [-0.39, 0.29) is 24.6 Å². The predicted molar refractivity (Wildman–Crippen MR) is 186 cm³/mol. The Labute approximate surface area is 280 Å². The number of nitrogens with one attached hydrogen (secondary N) is 1. The Balaban J connectivity index is 1.67. The number of non-ortho nitro benzene ring substituents is 1. The number of aromatic nitrogens is 1. The maximum absolute atomic E-state index is 13.6. The number of carbonyl (C=O) groups is 2. The van der Waals surface area contributed by atoms with E-state index in [1.54, 1.807) is 12.1 Å². The summed E-state index contributed by atoms with van der Waals surface area (Å²) in [7, 11) is 0. The Bertz CT molecular complexity index is 1900. The molecule has 0 unspecified atom stereocenters. The first-order valence-corrected chi connectivity index (χ1v) is 16.3. The van der Waals surface area contributed by atoms with E-state index >= 15 is 0 Å². The molecule has 246 valence electrons. The third kappa shape index (κ3) is 7.05. The van der Waals surface area contributed by atoms with Crippen LogP contribution in [0.1, 0.15) is 84.5 Å². The molecule has 0 spiro atoms. The van der Waals surface area contributed by atoms with Crippen LogP contribution in [0.2, 0.25) is 0 Å². The number of ether oxygens (including phenoxy) is 2. The van der Waals surface area contributed by atoms with Crippen molar-refractivity contribution in [1.82, 2.24) is 4.98 Å². The van der Waals surface area contributed by atoms with E-state index in [1.807, 2.05) is 88.4 Å². The van der Waals surface area contributed by atoms with Crippen molar-refractivity contribution in [2.24, 2.45) is 4.99 Å². The Hall–Kier alpha value is -5.57. The number of H-pyrrole nitrogens is 1. The van der Waals surface area contributed by atoms with Crippen LogP contribution in [-0.4, -0.2) is 27.6 Å². The molecular formula is C39H39N3O6. The summed E-state index contributed by atoms with van der Waals surface area (Å²) in [6.07, 6.45) is 2.27. The van der Waals surface area contributed by atoms with Gasteiger partial charge >= 0.3 is 11.9 Å². The monoisotopic (exact) mass is 645 g/mol. The fraction of sp³-hybridized carbons (Fsp3) is 0.256. The number of nitro groups is 1. The fourth-order valence-corrected chi connectivity index (χ4v) is 6.15. The average molecular weight is 646 g/mol. The molecule has 3 aromatic carbocycles. The van der Waals surface area contributed by atoms with Gasteiger partial charge in [0.15, 0.2) is 5.71 Å². The molecule has 9 nitrogen and oxygen atoms in total. The summed E-state index contributed by atoms with van der Waals surface area (Å²) in [6, 6.07) is 25.2. The van der Waals surface area contributed by atoms with Crippen molar-refractivity contribution in [2.75, 3.05) is 0 Å². The fourth-order valence-electron chi connectivity index (χ4n) is 6.15. The van der Waals surface area contributed by atoms with Gasteiger partial charge in [-0.15, -0.1) is 0 Å². The highest BCUT2D eigenvalue weighted by Crippen LogP contribution is 2.41. The van der Waals surface area contributed by atoms with Crippen LogP contribution in [0.5, 0.6) is 0 Å². The highest BCUT2D eigenvalue weighted by atomic mass is 16.6. The van der Waals surface area contributed by atoms with E-state index in [2.05, 4.69) is 4.98 Å². The van der Waals surface area contributed by atoms with Crippen LogP contribution in [0.3, 0.4) is 0 Å². The van der Waals surface area contributed by atoms with Crippen LogP contribution in [0.15, 0.2) is 107 Å².